The molecular weight excluding hydrogens is 152 g/mol. The number of hydrogen-bond donors (Lipinski definition) is 3. The SMILES string of the molecule is Cl.NNc1cccc(O)c1. The quantitative estimate of drug-likeness (QED) is 0.426. The van der Waals surface area contributed by atoms with E-state index in [1.54, 1.807) is 24.3 Å². The number of phenols is 1. The highest BCUT2D eigenvalue weighted by atomic mass is 35.5. The summed E-state index contributed by atoms with van der Waals surface area (Å²) in [6, 6.07) is 6.60. The van der Waals surface area contributed by atoms with Crippen LogP contribution in [0.25, 0.3) is 0 Å². The molecule has 4 heteroatoms. The third-order valence-corrected chi connectivity index (χ3v) is 1.01. The lowest BCUT2D eigenvalue weighted by atomic mass is 10.3. The molecule has 0 atom stereocenters. The van der Waals surface area contributed by atoms with E-state index >= 15 is 0 Å². The number of phenolic OH excluding ortho intramolecular Hbond substituents is 1. The lowest BCUT2D eigenvalue weighted by Crippen LogP contribution is -2.05. The number of anilines is 1. The Kier molecular flexibility index (Phi) is 3.61. The third kappa shape index (κ3) is 2.13. The fraction of sp³-hybridized carbons (Fsp3) is 0. The molecule has 0 saturated carbocycles. The molecule has 0 spiro atoms. The van der Waals surface area contributed by atoms with E-state index in [1.165, 1.54) is 0 Å². The Bertz CT molecular complexity index is 205. The van der Waals surface area contributed by atoms with E-state index in [9.17, 15) is 0 Å². The number of hydrogen-bond acceptors (Lipinski definition) is 3. The van der Waals surface area contributed by atoms with E-state index in [4.69, 9.17) is 10.9 Å². The molecule has 1 aromatic carbocycles. The molecule has 0 unspecified atom stereocenters. The Morgan fingerprint density at radius 2 is 2.10 bits per heavy atom. The van der Waals surface area contributed by atoms with Crippen molar-refractivity contribution in [3.8, 4) is 5.75 Å². The van der Waals surface area contributed by atoms with E-state index in [-0.39, 0.29) is 18.2 Å². The summed E-state index contributed by atoms with van der Waals surface area (Å²) in [6.07, 6.45) is 0. The average molecular weight is 161 g/mol. The Morgan fingerprint density at radius 3 is 2.50 bits per heavy atom. The zero-order valence-corrected chi connectivity index (χ0v) is 6.06. The van der Waals surface area contributed by atoms with E-state index in [1.807, 2.05) is 0 Å². The number of rotatable bonds is 1. The number of benzene rings is 1. The van der Waals surface area contributed by atoms with Crippen LogP contribution in [0.5, 0.6) is 5.75 Å². The van der Waals surface area contributed by atoms with Crippen molar-refractivity contribution in [2.24, 2.45) is 5.84 Å². The van der Waals surface area contributed by atoms with Gasteiger partial charge >= 0.3 is 0 Å². The Hall–Kier alpha value is -0.930. The van der Waals surface area contributed by atoms with E-state index in [0.29, 0.717) is 5.69 Å². The van der Waals surface area contributed by atoms with Gasteiger partial charge in [-0.25, -0.2) is 0 Å². The van der Waals surface area contributed by atoms with Gasteiger partial charge in [-0.05, 0) is 12.1 Å². The van der Waals surface area contributed by atoms with Crippen molar-refractivity contribution < 1.29 is 5.11 Å². The second-order valence-electron chi connectivity index (χ2n) is 1.69. The minimum atomic E-state index is 0. The van der Waals surface area contributed by atoms with Crippen molar-refractivity contribution >= 4 is 18.1 Å². The van der Waals surface area contributed by atoms with Gasteiger partial charge in [0.1, 0.15) is 5.75 Å². The molecule has 3 nitrogen and oxygen atoms in total. The smallest absolute Gasteiger partial charge is 0.117 e. The molecule has 0 saturated heterocycles. The van der Waals surface area contributed by atoms with Crippen LogP contribution in [0.2, 0.25) is 0 Å². The van der Waals surface area contributed by atoms with Gasteiger partial charge in [0.2, 0.25) is 0 Å². The van der Waals surface area contributed by atoms with Gasteiger partial charge in [-0.2, -0.15) is 0 Å². The molecule has 56 valence electrons. The van der Waals surface area contributed by atoms with Crippen molar-refractivity contribution in [1.82, 2.24) is 0 Å². The molecule has 0 fully saturated rings. The standard InChI is InChI=1S/C6H8N2O.ClH/c7-8-5-2-1-3-6(9)4-5;/h1-4,8-9H,7H2;1H. The van der Waals surface area contributed by atoms with Crippen LogP contribution in [0, 0.1) is 0 Å². The maximum Gasteiger partial charge on any atom is 0.117 e. The molecule has 10 heavy (non-hydrogen) atoms. The maximum atomic E-state index is 8.85. The summed E-state index contributed by atoms with van der Waals surface area (Å²) < 4.78 is 0. The van der Waals surface area contributed by atoms with Gasteiger partial charge in [0.25, 0.3) is 0 Å². The predicted molar refractivity (Wildman–Crippen MR) is 43.2 cm³/mol. The summed E-state index contributed by atoms with van der Waals surface area (Å²) in [7, 11) is 0. The molecule has 0 radical (unpaired) electrons. The highest BCUT2D eigenvalue weighted by Gasteiger charge is 1.87. The predicted octanol–water partition coefficient (Wildman–Crippen LogP) is 1.10. The number of nitrogens with one attached hydrogen (secondary N) is 1. The van der Waals surface area contributed by atoms with Gasteiger partial charge in [0.05, 0.1) is 5.69 Å². The van der Waals surface area contributed by atoms with Crippen LogP contribution in [-0.4, -0.2) is 5.11 Å². The summed E-state index contributed by atoms with van der Waals surface area (Å²) >= 11 is 0. The van der Waals surface area contributed by atoms with Crippen molar-refractivity contribution in [3.05, 3.63) is 24.3 Å². The van der Waals surface area contributed by atoms with Crippen LogP contribution < -0.4 is 11.3 Å². The second-order valence-corrected chi connectivity index (χ2v) is 1.69. The lowest BCUT2D eigenvalue weighted by Gasteiger charge is -1.97. The normalized spacial score (nSPS) is 8.10. The van der Waals surface area contributed by atoms with Crippen LogP contribution in [0.1, 0.15) is 0 Å². The fourth-order valence-electron chi connectivity index (χ4n) is 0.596. The Morgan fingerprint density at radius 1 is 1.40 bits per heavy atom. The van der Waals surface area contributed by atoms with Gasteiger partial charge in [-0.1, -0.05) is 6.07 Å². The van der Waals surface area contributed by atoms with Gasteiger partial charge in [0.15, 0.2) is 0 Å². The highest BCUT2D eigenvalue weighted by molar-refractivity contribution is 5.85. The molecule has 0 aromatic heterocycles. The van der Waals surface area contributed by atoms with Crippen LogP contribution in [0.3, 0.4) is 0 Å². The first kappa shape index (κ1) is 9.07. The molecule has 1 aromatic rings. The summed E-state index contributed by atoms with van der Waals surface area (Å²) in [5, 5.41) is 8.85. The molecule has 4 N–H and O–H groups in total. The summed E-state index contributed by atoms with van der Waals surface area (Å²) in [5.74, 6) is 5.27. The maximum absolute atomic E-state index is 8.85. The van der Waals surface area contributed by atoms with Crippen molar-refractivity contribution in [2.45, 2.75) is 0 Å². The first-order chi connectivity index (χ1) is 4.33. The topological polar surface area (TPSA) is 58.3 Å². The van der Waals surface area contributed by atoms with Crippen LogP contribution in [-0.2, 0) is 0 Å². The first-order valence-electron chi connectivity index (χ1n) is 2.58. The number of hydrazine groups is 1. The van der Waals surface area contributed by atoms with Crippen LogP contribution in [0.4, 0.5) is 5.69 Å². The van der Waals surface area contributed by atoms with Crippen molar-refractivity contribution in [3.63, 3.8) is 0 Å². The third-order valence-electron chi connectivity index (χ3n) is 1.01. The summed E-state index contributed by atoms with van der Waals surface area (Å²) in [5.41, 5.74) is 3.11. The monoisotopic (exact) mass is 160 g/mol. The Labute approximate surface area is 65.2 Å². The summed E-state index contributed by atoms with van der Waals surface area (Å²) in [4.78, 5) is 0. The molecule has 0 aliphatic carbocycles. The Balaban J connectivity index is 0.000000810. The van der Waals surface area contributed by atoms with Crippen LogP contribution in [0.15, 0.2) is 24.3 Å². The molecule has 1 rings (SSSR count). The zero-order valence-electron chi connectivity index (χ0n) is 5.24. The number of halogens is 1. The molecular formula is C6H9ClN2O. The van der Waals surface area contributed by atoms with Crippen molar-refractivity contribution in [1.29, 1.82) is 0 Å². The zero-order chi connectivity index (χ0) is 6.69. The van der Waals surface area contributed by atoms with Crippen LogP contribution >= 0.6 is 12.4 Å². The van der Waals surface area contributed by atoms with Gasteiger partial charge in [-0.15, -0.1) is 12.4 Å². The van der Waals surface area contributed by atoms with E-state index in [0.717, 1.165) is 0 Å². The molecule has 0 aliphatic heterocycles. The van der Waals surface area contributed by atoms with E-state index < -0.39 is 0 Å². The number of nitrogens with two attached hydrogens (primary N) is 1. The largest absolute Gasteiger partial charge is 0.508 e. The highest BCUT2D eigenvalue weighted by Crippen LogP contribution is 2.13. The molecule has 0 heterocycles. The van der Waals surface area contributed by atoms with Gasteiger partial charge < -0.3 is 10.5 Å². The fourth-order valence-corrected chi connectivity index (χ4v) is 0.596. The lowest BCUT2D eigenvalue weighted by molar-refractivity contribution is 0.475. The minimum Gasteiger partial charge on any atom is -0.508 e. The van der Waals surface area contributed by atoms with E-state index in [2.05, 4.69) is 5.43 Å². The van der Waals surface area contributed by atoms with Crippen molar-refractivity contribution in [2.75, 3.05) is 5.43 Å². The molecule has 0 amide bonds. The second kappa shape index (κ2) is 3.98. The van der Waals surface area contributed by atoms with Gasteiger partial charge in [0, 0.05) is 6.07 Å². The van der Waals surface area contributed by atoms with Gasteiger partial charge in [-0.3, -0.25) is 5.84 Å². The first-order valence-corrected chi connectivity index (χ1v) is 2.58. The molecule has 0 aliphatic rings. The number of aromatic hydroxyl groups is 1. The average Bonchev–Trinajstić information content (AvgIpc) is 1.88. The number of nitrogen functional groups attached to an aromatic ring is 1. The summed E-state index contributed by atoms with van der Waals surface area (Å²) in [6.45, 7) is 0. The molecule has 0 bridgehead atoms. The minimum absolute atomic E-state index is 0.